The number of carboxylic acids is 1. The molecule has 1 amide bonds. The number of rotatable bonds is 7. The van der Waals surface area contributed by atoms with E-state index in [1.807, 2.05) is 24.3 Å². The Hall–Kier alpha value is -2.14. The maximum atomic E-state index is 11.6. The quantitative estimate of drug-likeness (QED) is 0.654. The molecule has 5 heteroatoms. The molecule has 0 saturated heterocycles. The van der Waals surface area contributed by atoms with Crippen molar-refractivity contribution in [3.63, 3.8) is 0 Å². The number of carbonyl (C=O) groups is 2. The van der Waals surface area contributed by atoms with Crippen LogP contribution in [0.3, 0.4) is 0 Å². The van der Waals surface area contributed by atoms with Gasteiger partial charge >= 0.3 is 5.97 Å². The van der Waals surface area contributed by atoms with Gasteiger partial charge in [-0.1, -0.05) is 31.2 Å². The van der Waals surface area contributed by atoms with Gasteiger partial charge in [0.1, 0.15) is 6.04 Å². The monoisotopic (exact) mass is 277 g/mol. The molecule has 1 aromatic carbocycles. The molecule has 0 aliphatic carbocycles. The highest BCUT2D eigenvalue weighted by molar-refractivity contribution is 5.94. The normalized spacial score (nSPS) is 12.3. The van der Waals surface area contributed by atoms with E-state index < -0.39 is 17.9 Å². The van der Waals surface area contributed by atoms with Gasteiger partial charge in [0, 0.05) is 19.1 Å². The molecule has 0 bridgehead atoms. The molecule has 1 unspecified atom stereocenters. The second-order valence-corrected chi connectivity index (χ2v) is 4.34. The van der Waals surface area contributed by atoms with E-state index in [2.05, 4.69) is 12.2 Å². The molecule has 0 saturated carbocycles. The van der Waals surface area contributed by atoms with Crippen LogP contribution in [0.15, 0.2) is 30.3 Å². The summed E-state index contributed by atoms with van der Waals surface area (Å²) in [6, 6.07) is 6.67. The van der Waals surface area contributed by atoms with Crippen molar-refractivity contribution in [2.75, 3.05) is 6.61 Å². The second-order valence-electron chi connectivity index (χ2n) is 4.34. The number of carboxylic acid groups (broad SMARTS) is 1. The zero-order valence-electron chi connectivity index (χ0n) is 11.4. The van der Waals surface area contributed by atoms with Crippen LogP contribution in [0.4, 0.5) is 0 Å². The molecule has 20 heavy (non-hydrogen) atoms. The number of aliphatic carboxylic acids is 1. The van der Waals surface area contributed by atoms with Crippen LogP contribution in [-0.2, 0) is 16.0 Å². The Morgan fingerprint density at radius 3 is 2.45 bits per heavy atom. The van der Waals surface area contributed by atoms with E-state index in [1.54, 1.807) is 6.08 Å². The summed E-state index contributed by atoms with van der Waals surface area (Å²) >= 11 is 0. The minimum atomic E-state index is -1.16. The Balaban J connectivity index is 2.59. The van der Waals surface area contributed by atoms with Crippen molar-refractivity contribution in [3.8, 4) is 0 Å². The van der Waals surface area contributed by atoms with Crippen molar-refractivity contribution in [3.05, 3.63) is 41.5 Å². The van der Waals surface area contributed by atoms with E-state index in [0.29, 0.717) is 0 Å². The average Bonchev–Trinajstić information content (AvgIpc) is 2.45. The van der Waals surface area contributed by atoms with Crippen LogP contribution in [0.2, 0.25) is 0 Å². The van der Waals surface area contributed by atoms with E-state index in [4.69, 9.17) is 10.2 Å². The van der Waals surface area contributed by atoms with Gasteiger partial charge in [-0.15, -0.1) is 0 Å². The van der Waals surface area contributed by atoms with Gasteiger partial charge in [0.05, 0.1) is 0 Å². The Kier molecular flexibility index (Phi) is 6.46. The summed E-state index contributed by atoms with van der Waals surface area (Å²) in [7, 11) is 0. The zero-order valence-corrected chi connectivity index (χ0v) is 11.4. The number of hydrogen-bond donors (Lipinski definition) is 3. The molecule has 3 N–H and O–H groups in total. The molecule has 0 aliphatic heterocycles. The molecule has 0 aromatic heterocycles. The molecule has 1 rings (SSSR count). The summed E-state index contributed by atoms with van der Waals surface area (Å²) in [5.41, 5.74) is 2.08. The van der Waals surface area contributed by atoms with Crippen molar-refractivity contribution in [1.29, 1.82) is 0 Å². The summed E-state index contributed by atoms with van der Waals surface area (Å²) in [4.78, 5) is 22.4. The molecular formula is C15H19NO4. The molecule has 0 heterocycles. The van der Waals surface area contributed by atoms with E-state index in [0.717, 1.165) is 12.0 Å². The highest BCUT2D eigenvalue weighted by Crippen LogP contribution is 2.06. The molecule has 0 spiro atoms. The fourth-order valence-corrected chi connectivity index (χ4v) is 1.64. The van der Waals surface area contributed by atoms with E-state index >= 15 is 0 Å². The van der Waals surface area contributed by atoms with Gasteiger partial charge in [-0.2, -0.15) is 0 Å². The van der Waals surface area contributed by atoms with Crippen LogP contribution in [-0.4, -0.2) is 34.7 Å². The van der Waals surface area contributed by atoms with Gasteiger partial charge in [0.25, 0.3) is 0 Å². The van der Waals surface area contributed by atoms with E-state index in [-0.39, 0.29) is 13.0 Å². The van der Waals surface area contributed by atoms with Gasteiger partial charge in [-0.25, -0.2) is 4.79 Å². The maximum Gasteiger partial charge on any atom is 0.326 e. The number of aryl methyl sites for hydroxylation is 1. The highest BCUT2D eigenvalue weighted by atomic mass is 16.4. The zero-order chi connectivity index (χ0) is 15.0. The van der Waals surface area contributed by atoms with Crippen molar-refractivity contribution in [2.24, 2.45) is 0 Å². The first-order valence-corrected chi connectivity index (χ1v) is 6.48. The first-order valence-electron chi connectivity index (χ1n) is 6.48. The first kappa shape index (κ1) is 15.9. The topological polar surface area (TPSA) is 86.6 Å². The maximum absolute atomic E-state index is 11.6. The minimum Gasteiger partial charge on any atom is -0.480 e. The lowest BCUT2D eigenvalue weighted by molar-refractivity contribution is -0.141. The number of carbonyl (C=O) groups excluding carboxylic acids is 1. The van der Waals surface area contributed by atoms with Crippen molar-refractivity contribution in [2.45, 2.75) is 25.8 Å². The highest BCUT2D eigenvalue weighted by Gasteiger charge is 2.17. The van der Waals surface area contributed by atoms with Crippen LogP contribution in [0.1, 0.15) is 24.5 Å². The summed E-state index contributed by atoms with van der Waals surface area (Å²) in [6.45, 7) is 1.77. The van der Waals surface area contributed by atoms with Gasteiger partial charge in [-0.3, -0.25) is 4.79 Å². The number of hydrogen-bond acceptors (Lipinski definition) is 3. The summed E-state index contributed by atoms with van der Waals surface area (Å²) in [6.07, 6.45) is 3.84. The van der Waals surface area contributed by atoms with E-state index in [1.165, 1.54) is 11.6 Å². The number of aliphatic hydroxyl groups is 1. The van der Waals surface area contributed by atoms with Crippen LogP contribution in [0.25, 0.3) is 6.08 Å². The molecule has 108 valence electrons. The van der Waals surface area contributed by atoms with Crippen molar-refractivity contribution < 1.29 is 19.8 Å². The largest absolute Gasteiger partial charge is 0.480 e. The van der Waals surface area contributed by atoms with Gasteiger partial charge in [0.15, 0.2) is 0 Å². The molecule has 1 atom stereocenters. The van der Waals surface area contributed by atoms with Gasteiger partial charge in [-0.05, 0) is 23.6 Å². The third-order valence-electron chi connectivity index (χ3n) is 2.85. The SMILES string of the molecule is CCc1ccc(C=CC(=O)NC(CCO)C(=O)O)cc1. The second kappa shape index (κ2) is 8.12. The summed E-state index contributed by atoms with van der Waals surface area (Å²) in [5.74, 6) is -1.65. The predicted molar refractivity (Wildman–Crippen MR) is 76.1 cm³/mol. The average molecular weight is 277 g/mol. The Bertz CT molecular complexity index is 479. The van der Waals surface area contributed by atoms with Crippen LogP contribution in [0.5, 0.6) is 0 Å². The fourth-order valence-electron chi connectivity index (χ4n) is 1.64. The minimum absolute atomic E-state index is 0.0138. The fraction of sp³-hybridized carbons (Fsp3) is 0.333. The third kappa shape index (κ3) is 5.24. The van der Waals surface area contributed by atoms with Crippen molar-refractivity contribution >= 4 is 18.0 Å². The number of amides is 1. The Morgan fingerprint density at radius 1 is 1.30 bits per heavy atom. The summed E-state index contributed by atoms with van der Waals surface area (Å²) in [5, 5.41) is 19.9. The van der Waals surface area contributed by atoms with Crippen LogP contribution in [0, 0.1) is 0 Å². The Morgan fingerprint density at radius 2 is 1.95 bits per heavy atom. The Labute approximate surface area is 117 Å². The van der Waals surface area contributed by atoms with Crippen molar-refractivity contribution in [1.82, 2.24) is 5.32 Å². The summed E-state index contributed by atoms with van der Waals surface area (Å²) < 4.78 is 0. The lowest BCUT2D eigenvalue weighted by Crippen LogP contribution is -2.40. The number of aliphatic hydroxyl groups excluding tert-OH is 1. The molecule has 1 aromatic rings. The smallest absolute Gasteiger partial charge is 0.326 e. The van der Waals surface area contributed by atoms with E-state index in [9.17, 15) is 9.59 Å². The molecule has 5 nitrogen and oxygen atoms in total. The third-order valence-corrected chi connectivity index (χ3v) is 2.85. The number of benzene rings is 1. The standard InChI is InChI=1S/C15H19NO4/c1-2-11-3-5-12(6-4-11)7-8-14(18)16-13(9-10-17)15(19)20/h3-8,13,17H,2,9-10H2,1H3,(H,16,18)(H,19,20). The van der Waals surface area contributed by atoms with Crippen LogP contribution >= 0.6 is 0 Å². The number of nitrogens with one attached hydrogen (secondary N) is 1. The van der Waals surface area contributed by atoms with Gasteiger partial charge < -0.3 is 15.5 Å². The van der Waals surface area contributed by atoms with Gasteiger partial charge in [0.2, 0.25) is 5.91 Å². The molecular weight excluding hydrogens is 258 g/mol. The predicted octanol–water partition coefficient (Wildman–Crippen LogP) is 1.21. The molecule has 0 aliphatic rings. The van der Waals surface area contributed by atoms with Crippen LogP contribution < -0.4 is 5.32 Å². The first-order chi connectivity index (χ1) is 9.56. The molecule has 0 fully saturated rings. The molecule has 0 radical (unpaired) electrons. The lowest BCUT2D eigenvalue weighted by Gasteiger charge is -2.11. The lowest BCUT2D eigenvalue weighted by atomic mass is 10.1.